The maximum absolute atomic E-state index is 5.96. The van der Waals surface area contributed by atoms with Crippen molar-refractivity contribution >= 4 is 15.9 Å². The van der Waals surface area contributed by atoms with Crippen molar-refractivity contribution in [1.29, 1.82) is 0 Å². The number of ether oxygens (including phenoxy) is 1. The molecule has 0 aromatic heterocycles. The zero-order chi connectivity index (χ0) is 10.6. The first-order valence-electron chi connectivity index (χ1n) is 4.48. The quantitative estimate of drug-likeness (QED) is 0.866. The van der Waals surface area contributed by atoms with E-state index in [0.717, 1.165) is 22.2 Å². The largest absolute Gasteiger partial charge is 0.496 e. The van der Waals surface area contributed by atoms with Gasteiger partial charge < -0.3 is 16.2 Å². The van der Waals surface area contributed by atoms with E-state index >= 15 is 0 Å². The highest BCUT2D eigenvalue weighted by molar-refractivity contribution is 9.10. The van der Waals surface area contributed by atoms with Crippen molar-refractivity contribution in [2.75, 3.05) is 13.7 Å². The Morgan fingerprint density at radius 1 is 1.50 bits per heavy atom. The van der Waals surface area contributed by atoms with Crippen LogP contribution in [-0.4, -0.2) is 13.7 Å². The zero-order valence-electron chi connectivity index (χ0n) is 8.16. The summed E-state index contributed by atoms with van der Waals surface area (Å²) < 4.78 is 6.23. The van der Waals surface area contributed by atoms with Gasteiger partial charge in [0.1, 0.15) is 5.75 Å². The average molecular weight is 259 g/mol. The van der Waals surface area contributed by atoms with Gasteiger partial charge in [0.05, 0.1) is 7.11 Å². The van der Waals surface area contributed by atoms with Gasteiger partial charge in [0.25, 0.3) is 0 Å². The van der Waals surface area contributed by atoms with Gasteiger partial charge >= 0.3 is 0 Å². The highest BCUT2D eigenvalue weighted by atomic mass is 79.9. The minimum absolute atomic E-state index is 0.0527. The summed E-state index contributed by atoms with van der Waals surface area (Å²) in [4.78, 5) is 0. The molecule has 4 heteroatoms. The van der Waals surface area contributed by atoms with Crippen LogP contribution in [0.4, 0.5) is 0 Å². The fourth-order valence-electron chi connectivity index (χ4n) is 1.33. The van der Waals surface area contributed by atoms with E-state index in [0.29, 0.717) is 6.54 Å². The lowest BCUT2D eigenvalue weighted by Gasteiger charge is -2.14. The van der Waals surface area contributed by atoms with E-state index < -0.39 is 0 Å². The molecule has 78 valence electrons. The van der Waals surface area contributed by atoms with Crippen molar-refractivity contribution in [2.24, 2.45) is 11.5 Å². The monoisotopic (exact) mass is 258 g/mol. The molecule has 0 unspecified atom stereocenters. The second-order valence-electron chi connectivity index (χ2n) is 3.07. The van der Waals surface area contributed by atoms with E-state index in [9.17, 15) is 0 Å². The highest BCUT2D eigenvalue weighted by Crippen LogP contribution is 2.28. The van der Waals surface area contributed by atoms with Crippen LogP contribution in [0.15, 0.2) is 22.7 Å². The molecule has 1 atom stereocenters. The first-order valence-corrected chi connectivity index (χ1v) is 5.27. The van der Waals surface area contributed by atoms with Crippen LogP contribution in [0, 0.1) is 0 Å². The van der Waals surface area contributed by atoms with Gasteiger partial charge in [0, 0.05) is 16.1 Å². The average Bonchev–Trinajstić information content (AvgIpc) is 2.17. The number of nitrogens with two attached hydrogens (primary N) is 2. The van der Waals surface area contributed by atoms with E-state index in [1.165, 1.54) is 0 Å². The van der Waals surface area contributed by atoms with Gasteiger partial charge in [0.2, 0.25) is 0 Å². The van der Waals surface area contributed by atoms with Gasteiger partial charge in [-0.2, -0.15) is 0 Å². The Hall–Kier alpha value is -0.580. The first kappa shape index (κ1) is 11.5. The molecule has 0 aliphatic rings. The van der Waals surface area contributed by atoms with Gasteiger partial charge in [0.15, 0.2) is 0 Å². The topological polar surface area (TPSA) is 61.3 Å². The first-order chi connectivity index (χ1) is 6.69. The van der Waals surface area contributed by atoms with Crippen molar-refractivity contribution in [3.05, 3.63) is 28.2 Å². The van der Waals surface area contributed by atoms with Crippen LogP contribution < -0.4 is 16.2 Å². The third-order valence-electron chi connectivity index (χ3n) is 2.07. The summed E-state index contributed by atoms with van der Waals surface area (Å²) >= 11 is 3.38. The predicted molar refractivity (Wildman–Crippen MR) is 61.3 cm³/mol. The second kappa shape index (κ2) is 5.34. The van der Waals surface area contributed by atoms with E-state index in [4.69, 9.17) is 16.2 Å². The second-order valence-corrected chi connectivity index (χ2v) is 3.99. The van der Waals surface area contributed by atoms with Crippen molar-refractivity contribution in [2.45, 2.75) is 12.5 Å². The van der Waals surface area contributed by atoms with Crippen molar-refractivity contribution in [3.8, 4) is 5.75 Å². The van der Waals surface area contributed by atoms with Gasteiger partial charge in [-0.25, -0.2) is 0 Å². The summed E-state index contributed by atoms with van der Waals surface area (Å²) in [6.07, 6.45) is 0.762. The van der Waals surface area contributed by atoms with Crippen LogP contribution in [0.2, 0.25) is 0 Å². The van der Waals surface area contributed by atoms with Crippen LogP contribution in [0.5, 0.6) is 5.75 Å². The van der Waals surface area contributed by atoms with Gasteiger partial charge in [-0.3, -0.25) is 0 Å². The summed E-state index contributed by atoms with van der Waals surface area (Å²) in [6, 6.07) is 5.77. The molecule has 14 heavy (non-hydrogen) atoms. The van der Waals surface area contributed by atoms with Crippen LogP contribution in [0.3, 0.4) is 0 Å². The molecule has 0 bridgehead atoms. The molecule has 3 nitrogen and oxygen atoms in total. The Morgan fingerprint density at radius 3 is 2.79 bits per heavy atom. The SMILES string of the molecule is COc1cc(Br)ccc1[C@H](N)CCN. The summed E-state index contributed by atoms with van der Waals surface area (Å²) in [6.45, 7) is 0.584. The third kappa shape index (κ3) is 2.70. The Labute approximate surface area is 92.6 Å². The molecule has 0 aliphatic carbocycles. The standard InChI is InChI=1S/C10H15BrN2O/c1-14-10-6-7(11)2-3-8(10)9(13)4-5-12/h2-3,6,9H,4-5,12-13H2,1H3/t9-/m1/s1. The van der Waals surface area contributed by atoms with Crippen LogP contribution in [0.25, 0.3) is 0 Å². The van der Waals surface area contributed by atoms with E-state index in [1.807, 2.05) is 18.2 Å². The molecular formula is C10H15BrN2O. The maximum Gasteiger partial charge on any atom is 0.124 e. The van der Waals surface area contributed by atoms with Gasteiger partial charge in [-0.05, 0) is 25.1 Å². The van der Waals surface area contributed by atoms with Crippen LogP contribution in [0.1, 0.15) is 18.0 Å². The molecule has 0 radical (unpaired) electrons. The molecule has 1 rings (SSSR count). The number of hydrogen-bond acceptors (Lipinski definition) is 3. The molecule has 1 aromatic rings. The van der Waals surface area contributed by atoms with Gasteiger partial charge in [-0.15, -0.1) is 0 Å². The van der Waals surface area contributed by atoms with Crippen LogP contribution in [-0.2, 0) is 0 Å². The van der Waals surface area contributed by atoms with Crippen molar-refractivity contribution in [3.63, 3.8) is 0 Å². The maximum atomic E-state index is 5.96. The Balaban J connectivity index is 2.95. The van der Waals surface area contributed by atoms with E-state index in [-0.39, 0.29) is 6.04 Å². The number of benzene rings is 1. The molecule has 0 spiro atoms. The lowest BCUT2D eigenvalue weighted by Crippen LogP contribution is -2.16. The van der Waals surface area contributed by atoms with Gasteiger partial charge in [-0.1, -0.05) is 22.0 Å². The minimum atomic E-state index is -0.0527. The van der Waals surface area contributed by atoms with Crippen molar-refractivity contribution in [1.82, 2.24) is 0 Å². The van der Waals surface area contributed by atoms with E-state index in [2.05, 4.69) is 15.9 Å². The molecule has 0 aliphatic heterocycles. The summed E-state index contributed by atoms with van der Waals surface area (Å²) in [5.74, 6) is 0.806. The lowest BCUT2D eigenvalue weighted by molar-refractivity contribution is 0.404. The summed E-state index contributed by atoms with van der Waals surface area (Å²) in [5, 5.41) is 0. The number of hydrogen-bond donors (Lipinski definition) is 2. The normalized spacial score (nSPS) is 12.6. The lowest BCUT2D eigenvalue weighted by atomic mass is 10.0. The molecule has 0 saturated carbocycles. The Morgan fingerprint density at radius 2 is 2.21 bits per heavy atom. The minimum Gasteiger partial charge on any atom is -0.496 e. The summed E-state index contributed by atoms with van der Waals surface area (Å²) in [5.41, 5.74) is 12.4. The number of methoxy groups -OCH3 is 1. The number of rotatable bonds is 4. The predicted octanol–water partition coefficient (Wildman–Crippen LogP) is 1.81. The Bertz CT molecular complexity index is 304. The fraction of sp³-hybridized carbons (Fsp3) is 0.400. The smallest absolute Gasteiger partial charge is 0.124 e. The molecular weight excluding hydrogens is 244 g/mol. The van der Waals surface area contributed by atoms with Crippen molar-refractivity contribution < 1.29 is 4.74 Å². The van der Waals surface area contributed by atoms with Crippen LogP contribution >= 0.6 is 15.9 Å². The molecule has 0 heterocycles. The molecule has 0 amide bonds. The molecule has 1 aromatic carbocycles. The fourth-order valence-corrected chi connectivity index (χ4v) is 1.67. The molecule has 4 N–H and O–H groups in total. The Kier molecular flexibility index (Phi) is 4.38. The zero-order valence-corrected chi connectivity index (χ0v) is 9.75. The number of halogens is 1. The highest BCUT2D eigenvalue weighted by Gasteiger charge is 2.10. The van der Waals surface area contributed by atoms with E-state index in [1.54, 1.807) is 7.11 Å². The molecule has 0 saturated heterocycles. The third-order valence-corrected chi connectivity index (χ3v) is 2.57. The summed E-state index contributed by atoms with van der Waals surface area (Å²) in [7, 11) is 1.64. The molecule has 0 fully saturated rings.